The van der Waals surface area contributed by atoms with Crippen LogP contribution in [0.25, 0.3) is 0 Å². The molecule has 2 amide bonds. The Morgan fingerprint density at radius 3 is 2.28 bits per heavy atom. The van der Waals surface area contributed by atoms with Gasteiger partial charge in [0.1, 0.15) is 11.8 Å². The van der Waals surface area contributed by atoms with Crippen molar-refractivity contribution in [1.29, 1.82) is 0 Å². The van der Waals surface area contributed by atoms with E-state index in [0.717, 1.165) is 16.8 Å². The van der Waals surface area contributed by atoms with E-state index < -0.39 is 11.8 Å². The van der Waals surface area contributed by atoms with Gasteiger partial charge in [0.2, 0.25) is 0 Å². The van der Waals surface area contributed by atoms with Crippen molar-refractivity contribution in [3.8, 4) is 5.75 Å². The van der Waals surface area contributed by atoms with Gasteiger partial charge in [-0.15, -0.1) is 0 Å². The van der Waals surface area contributed by atoms with E-state index in [1.807, 2.05) is 69.5 Å². The van der Waals surface area contributed by atoms with Crippen LogP contribution >= 0.6 is 0 Å². The summed E-state index contributed by atoms with van der Waals surface area (Å²) in [5.41, 5.74) is 3.08. The van der Waals surface area contributed by atoms with Gasteiger partial charge >= 0.3 is 11.8 Å². The maximum Gasteiger partial charge on any atom is 0.309 e. The highest BCUT2D eigenvalue weighted by Gasteiger charge is 2.21. The van der Waals surface area contributed by atoms with Crippen molar-refractivity contribution in [2.45, 2.75) is 12.6 Å². The highest BCUT2D eigenvalue weighted by Crippen LogP contribution is 2.16. The molecule has 0 saturated heterocycles. The molecule has 0 unspecified atom stereocenters. The fourth-order valence-corrected chi connectivity index (χ4v) is 2.98. The van der Waals surface area contributed by atoms with Gasteiger partial charge in [-0.2, -0.15) is 0 Å². The number of amides is 2. The number of nitrogens with one attached hydrogen (secondary N) is 3. The molecule has 2 aromatic carbocycles. The Morgan fingerprint density at radius 2 is 1.69 bits per heavy atom. The van der Waals surface area contributed by atoms with Crippen LogP contribution in [0.15, 0.2) is 48.5 Å². The molecule has 0 bridgehead atoms. The summed E-state index contributed by atoms with van der Waals surface area (Å²) in [6.45, 7) is 0.632. The minimum Gasteiger partial charge on any atom is -0.497 e. The molecule has 0 saturated carbocycles. The van der Waals surface area contributed by atoms with E-state index in [1.165, 1.54) is 4.90 Å². The lowest BCUT2D eigenvalue weighted by atomic mass is 10.1. The number of methoxy groups -OCH3 is 1. The van der Waals surface area contributed by atoms with Crippen molar-refractivity contribution >= 4 is 17.5 Å². The first-order chi connectivity index (χ1) is 13.8. The van der Waals surface area contributed by atoms with E-state index in [9.17, 15) is 9.59 Å². The van der Waals surface area contributed by atoms with Crippen LogP contribution in [-0.4, -0.2) is 53.7 Å². The number of hydrogen-bond donors (Lipinski definition) is 3. The zero-order valence-corrected chi connectivity index (χ0v) is 17.8. The van der Waals surface area contributed by atoms with Crippen LogP contribution in [0.5, 0.6) is 5.75 Å². The van der Waals surface area contributed by atoms with Crippen LogP contribution < -0.4 is 25.2 Å². The fourth-order valence-electron chi connectivity index (χ4n) is 2.98. The predicted molar refractivity (Wildman–Crippen MR) is 114 cm³/mol. The van der Waals surface area contributed by atoms with Crippen molar-refractivity contribution in [3.63, 3.8) is 0 Å². The Balaban J connectivity index is 1.91. The molecule has 3 N–H and O–H groups in total. The number of ether oxygens (including phenoxy) is 1. The highest BCUT2D eigenvalue weighted by molar-refractivity contribution is 6.35. The predicted octanol–water partition coefficient (Wildman–Crippen LogP) is 0.379. The molecule has 2 rings (SSSR count). The molecular formula is C22H31N4O3+. The van der Waals surface area contributed by atoms with Crippen LogP contribution in [0.1, 0.15) is 17.2 Å². The molecule has 2 aromatic rings. The van der Waals surface area contributed by atoms with Crippen molar-refractivity contribution in [2.24, 2.45) is 0 Å². The molecular weight excluding hydrogens is 368 g/mol. The normalized spacial score (nSPS) is 11.7. The van der Waals surface area contributed by atoms with Crippen LogP contribution in [-0.2, 0) is 16.1 Å². The zero-order valence-electron chi connectivity index (χ0n) is 17.8. The molecule has 0 aliphatic carbocycles. The molecule has 0 aliphatic rings. The minimum atomic E-state index is -0.650. The molecule has 0 aliphatic heterocycles. The molecule has 29 heavy (non-hydrogen) atoms. The van der Waals surface area contributed by atoms with Crippen LogP contribution in [0.3, 0.4) is 0 Å². The third-order valence-corrected chi connectivity index (χ3v) is 4.77. The van der Waals surface area contributed by atoms with E-state index in [4.69, 9.17) is 4.74 Å². The van der Waals surface area contributed by atoms with Gasteiger partial charge < -0.3 is 25.2 Å². The lowest BCUT2D eigenvalue weighted by Gasteiger charge is -2.23. The number of benzene rings is 2. The van der Waals surface area contributed by atoms with Crippen molar-refractivity contribution in [2.75, 3.05) is 46.7 Å². The van der Waals surface area contributed by atoms with Crippen LogP contribution in [0, 0.1) is 0 Å². The van der Waals surface area contributed by atoms with Gasteiger partial charge in [-0.25, -0.2) is 0 Å². The fraction of sp³-hybridized carbons (Fsp3) is 0.364. The van der Waals surface area contributed by atoms with Crippen LogP contribution in [0.4, 0.5) is 5.69 Å². The summed E-state index contributed by atoms with van der Waals surface area (Å²) in [6.07, 6.45) is 0. The number of anilines is 1. The largest absolute Gasteiger partial charge is 0.497 e. The number of quaternary nitrogens is 1. The summed E-state index contributed by atoms with van der Waals surface area (Å²) in [5.74, 6) is -0.578. The summed E-state index contributed by atoms with van der Waals surface area (Å²) in [7, 11) is 9.63. The molecule has 0 spiro atoms. The first kappa shape index (κ1) is 22.2. The van der Waals surface area contributed by atoms with Crippen LogP contribution in [0.2, 0.25) is 0 Å². The van der Waals surface area contributed by atoms with Crippen molar-refractivity contribution < 1.29 is 19.2 Å². The summed E-state index contributed by atoms with van der Waals surface area (Å²) >= 11 is 0. The van der Waals surface area contributed by atoms with Gasteiger partial charge in [-0.05, 0) is 29.8 Å². The molecule has 1 atom stereocenters. The van der Waals surface area contributed by atoms with Gasteiger partial charge in [0, 0.05) is 31.9 Å². The first-order valence-electron chi connectivity index (χ1n) is 9.58. The molecule has 0 heterocycles. The molecule has 156 valence electrons. The SMILES string of the molecule is COc1cccc(CNC(=O)C(=O)NC[C@@H](c2ccc(N(C)C)cc2)[NH+](C)C)c1. The molecule has 7 heteroatoms. The van der Waals surface area contributed by atoms with Gasteiger partial charge in [-0.3, -0.25) is 9.59 Å². The Hall–Kier alpha value is -3.06. The average Bonchev–Trinajstić information content (AvgIpc) is 2.72. The second-order valence-electron chi connectivity index (χ2n) is 7.36. The van der Waals surface area contributed by atoms with E-state index in [0.29, 0.717) is 12.3 Å². The first-order valence-corrected chi connectivity index (χ1v) is 9.58. The van der Waals surface area contributed by atoms with Gasteiger partial charge in [-0.1, -0.05) is 24.3 Å². The minimum absolute atomic E-state index is 0.0429. The third-order valence-electron chi connectivity index (χ3n) is 4.77. The Bertz CT molecular complexity index is 819. The lowest BCUT2D eigenvalue weighted by molar-refractivity contribution is -0.890. The summed E-state index contributed by atoms with van der Waals surface area (Å²) in [6, 6.07) is 15.6. The zero-order chi connectivity index (χ0) is 21.4. The quantitative estimate of drug-likeness (QED) is 0.561. The number of nitrogens with zero attached hydrogens (tertiary/aromatic N) is 1. The van der Waals surface area contributed by atoms with Gasteiger partial charge in [0.25, 0.3) is 0 Å². The van der Waals surface area contributed by atoms with Gasteiger partial charge in [0.15, 0.2) is 0 Å². The van der Waals surface area contributed by atoms with E-state index in [-0.39, 0.29) is 12.6 Å². The standard InChI is InChI=1S/C22H30N4O3/c1-25(2)18-11-9-17(10-12-18)20(26(3)4)15-24-22(28)21(27)23-14-16-7-6-8-19(13-16)29-5/h6-13,20H,14-15H2,1-5H3,(H,23,27)(H,24,28)/p+1/t20-/m0/s1. The smallest absolute Gasteiger partial charge is 0.309 e. The van der Waals surface area contributed by atoms with Crippen molar-refractivity contribution in [1.82, 2.24) is 10.6 Å². The number of carbonyl (C=O) groups is 2. The molecule has 0 radical (unpaired) electrons. The van der Waals surface area contributed by atoms with E-state index in [2.05, 4.69) is 22.8 Å². The number of hydrogen-bond acceptors (Lipinski definition) is 4. The summed E-state index contributed by atoms with van der Waals surface area (Å²) < 4.78 is 5.16. The molecule has 0 fully saturated rings. The highest BCUT2D eigenvalue weighted by atomic mass is 16.5. The summed E-state index contributed by atoms with van der Waals surface area (Å²) in [4.78, 5) is 27.6. The second kappa shape index (κ2) is 10.5. The van der Waals surface area contributed by atoms with E-state index in [1.54, 1.807) is 7.11 Å². The lowest BCUT2D eigenvalue weighted by Crippen LogP contribution is -3.07. The number of likely N-dealkylation sites (N-methyl/N-ethyl adjacent to an activating group) is 1. The maximum absolute atomic E-state index is 12.2. The maximum atomic E-state index is 12.2. The number of carbonyl (C=O) groups excluding carboxylic acids is 2. The summed E-state index contributed by atoms with van der Waals surface area (Å²) in [5, 5.41) is 5.40. The number of rotatable bonds is 8. The third kappa shape index (κ3) is 6.50. The molecule has 0 aromatic heterocycles. The van der Waals surface area contributed by atoms with Gasteiger partial charge in [0.05, 0.1) is 27.7 Å². The Labute approximate surface area is 172 Å². The second-order valence-corrected chi connectivity index (χ2v) is 7.36. The topological polar surface area (TPSA) is 75.1 Å². The molecule has 7 nitrogen and oxygen atoms in total. The average molecular weight is 400 g/mol. The monoisotopic (exact) mass is 399 g/mol. The Kier molecular flexibility index (Phi) is 8.03. The Morgan fingerprint density at radius 1 is 1.03 bits per heavy atom. The van der Waals surface area contributed by atoms with Crippen molar-refractivity contribution in [3.05, 3.63) is 59.7 Å². The van der Waals surface area contributed by atoms with E-state index >= 15 is 0 Å².